The number of aromatic nitrogens is 1. The SMILES string of the molecule is CC(C)c1csc(C(=O)N[C@@H]2COCC[C@H]2Oc2ccc(CO)cc2)n1. The summed E-state index contributed by atoms with van der Waals surface area (Å²) in [4.78, 5) is 16.9. The number of aliphatic hydroxyl groups excluding tert-OH is 1. The number of rotatable bonds is 6. The lowest BCUT2D eigenvalue weighted by molar-refractivity contribution is -0.00289. The minimum absolute atomic E-state index is 0.00239. The van der Waals surface area contributed by atoms with Gasteiger partial charge in [-0.15, -0.1) is 11.3 Å². The zero-order valence-electron chi connectivity index (χ0n) is 15.0. The highest BCUT2D eigenvalue weighted by molar-refractivity contribution is 7.11. The van der Waals surface area contributed by atoms with Gasteiger partial charge in [-0.2, -0.15) is 0 Å². The highest BCUT2D eigenvalue weighted by Crippen LogP contribution is 2.21. The second-order valence-electron chi connectivity index (χ2n) is 6.63. The Morgan fingerprint density at radius 3 is 2.85 bits per heavy atom. The van der Waals surface area contributed by atoms with Crippen molar-refractivity contribution in [3.8, 4) is 5.75 Å². The fourth-order valence-electron chi connectivity index (χ4n) is 2.73. The van der Waals surface area contributed by atoms with Gasteiger partial charge in [-0.1, -0.05) is 26.0 Å². The van der Waals surface area contributed by atoms with E-state index in [0.29, 0.717) is 36.3 Å². The number of benzene rings is 1. The molecular formula is C19H24N2O4S. The minimum Gasteiger partial charge on any atom is -0.488 e. The van der Waals surface area contributed by atoms with Crippen LogP contribution in [0, 0.1) is 0 Å². The van der Waals surface area contributed by atoms with Crippen molar-refractivity contribution in [1.29, 1.82) is 0 Å². The Labute approximate surface area is 157 Å². The van der Waals surface area contributed by atoms with Crippen LogP contribution < -0.4 is 10.1 Å². The highest BCUT2D eigenvalue weighted by Gasteiger charge is 2.30. The Morgan fingerprint density at radius 1 is 1.42 bits per heavy atom. The zero-order chi connectivity index (χ0) is 18.5. The van der Waals surface area contributed by atoms with Gasteiger partial charge in [0.15, 0.2) is 5.01 Å². The van der Waals surface area contributed by atoms with Gasteiger partial charge in [0.05, 0.1) is 31.6 Å². The second-order valence-corrected chi connectivity index (χ2v) is 7.49. The first-order valence-electron chi connectivity index (χ1n) is 8.77. The largest absolute Gasteiger partial charge is 0.488 e. The average Bonchev–Trinajstić information content (AvgIpc) is 3.15. The Balaban J connectivity index is 1.64. The van der Waals surface area contributed by atoms with Crippen LogP contribution in [0.15, 0.2) is 29.6 Å². The van der Waals surface area contributed by atoms with E-state index < -0.39 is 0 Å². The molecule has 0 spiro atoms. The maximum absolute atomic E-state index is 12.5. The van der Waals surface area contributed by atoms with Crippen molar-refractivity contribution in [2.45, 2.75) is 44.9 Å². The number of aliphatic hydroxyl groups is 1. The summed E-state index contributed by atoms with van der Waals surface area (Å²) in [5.41, 5.74) is 1.76. The van der Waals surface area contributed by atoms with E-state index in [4.69, 9.17) is 14.6 Å². The number of amides is 1. The predicted octanol–water partition coefficient (Wildman–Crippen LogP) is 2.73. The summed E-state index contributed by atoms with van der Waals surface area (Å²) in [5.74, 6) is 0.815. The smallest absolute Gasteiger partial charge is 0.280 e. The standard InChI is InChI=1S/C19H24N2O4S/c1-12(2)16-11-26-19(21-16)18(23)20-15-10-24-8-7-17(15)25-14-5-3-13(9-22)4-6-14/h3-6,11-12,15,17,22H,7-10H2,1-2H3,(H,20,23)/t15-,17-/m1/s1. The molecule has 2 heterocycles. The van der Waals surface area contributed by atoms with Crippen LogP contribution in [0.3, 0.4) is 0 Å². The van der Waals surface area contributed by atoms with Crippen LogP contribution in [0.4, 0.5) is 0 Å². The summed E-state index contributed by atoms with van der Waals surface area (Å²) in [6.45, 7) is 5.12. The van der Waals surface area contributed by atoms with E-state index in [0.717, 1.165) is 11.3 Å². The fourth-order valence-corrected chi connectivity index (χ4v) is 3.61. The number of nitrogens with zero attached hydrogens (tertiary/aromatic N) is 1. The number of carbonyl (C=O) groups is 1. The molecule has 0 radical (unpaired) electrons. The van der Waals surface area contributed by atoms with E-state index in [9.17, 15) is 4.79 Å². The van der Waals surface area contributed by atoms with Gasteiger partial charge < -0.3 is 19.9 Å². The van der Waals surface area contributed by atoms with Gasteiger partial charge in [0.1, 0.15) is 11.9 Å². The van der Waals surface area contributed by atoms with Gasteiger partial charge in [-0.05, 0) is 23.6 Å². The molecule has 7 heteroatoms. The van der Waals surface area contributed by atoms with Crippen molar-refractivity contribution in [1.82, 2.24) is 10.3 Å². The van der Waals surface area contributed by atoms with Crippen molar-refractivity contribution >= 4 is 17.2 Å². The molecule has 3 rings (SSSR count). The van der Waals surface area contributed by atoms with Gasteiger partial charge in [0.25, 0.3) is 5.91 Å². The highest BCUT2D eigenvalue weighted by atomic mass is 32.1. The summed E-state index contributed by atoms with van der Waals surface area (Å²) >= 11 is 1.36. The number of nitrogens with one attached hydrogen (secondary N) is 1. The van der Waals surface area contributed by atoms with E-state index in [1.165, 1.54) is 11.3 Å². The van der Waals surface area contributed by atoms with Crippen LogP contribution in [0.25, 0.3) is 0 Å². The molecule has 1 aromatic heterocycles. The molecule has 1 saturated heterocycles. The zero-order valence-corrected chi connectivity index (χ0v) is 15.8. The molecule has 1 aliphatic heterocycles. The van der Waals surface area contributed by atoms with E-state index in [1.807, 2.05) is 29.6 Å². The summed E-state index contributed by atoms with van der Waals surface area (Å²) in [5, 5.41) is 14.5. The van der Waals surface area contributed by atoms with Crippen LogP contribution in [0.5, 0.6) is 5.75 Å². The third-order valence-electron chi connectivity index (χ3n) is 4.31. The van der Waals surface area contributed by atoms with E-state index in [2.05, 4.69) is 24.1 Å². The molecule has 6 nitrogen and oxygen atoms in total. The Bertz CT molecular complexity index is 729. The molecule has 1 fully saturated rings. The van der Waals surface area contributed by atoms with Gasteiger partial charge in [0.2, 0.25) is 0 Å². The summed E-state index contributed by atoms with van der Waals surface area (Å²) in [7, 11) is 0. The maximum atomic E-state index is 12.5. The van der Waals surface area contributed by atoms with E-state index in [1.54, 1.807) is 0 Å². The minimum atomic E-state index is -0.236. The molecule has 140 valence electrons. The van der Waals surface area contributed by atoms with Crippen molar-refractivity contribution in [3.05, 3.63) is 45.9 Å². The average molecular weight is 376 g/mol. The van der Waals surface area contributed by atoms with Crippen molar-refractivity contribution in [3.63, 3.8) is 0 Å². The van der Waals surface area contributed by atoms with Crippen molar-refractivity contribution in [2.75, 3.05) is 13.2 Å². The molecule has 2 N–H and O–H groups in total. The van der Waals surface area contributed by atoms with Gasteiger partial charge in [0, 0.05) is 11.8 Å². The summed E-state index contributed by atoms with van der Waals surface area (Å²) in [6, 6.07) is 7.07. The number of carbonyl (C=O) groups excluding carboxylic acids is 1. The number of hydrogen-bond donors (Lipinski definition) is 2. The van der Waals surface area contributed by atoms with Crippen LogP contribution in [0.1, 0.15) is 47.2 Å². The first kappa shape index (κ1) is 18.8. The second kappa shape index (κ2) is 8.62. The molecule has 0 unspecified atom stereocenters. The van der Waals surface area contributed by atoms with Crippen LogP contribution in [0.2, 0.25) is 0 Å². The molecule has 1 aromatic carbocycles. The quantitative estimate of drug-likeness (QED) is 0.810. The maximum Gasteiger partial charge on any atom is 0.280 e. The Kier molecular flexibility index (Phi) is 6.24. The van der Waals surface area contributed by atoms with E-state index in [-0.39, 0.29) is 24.7 Å². The first-order valence-corrected chi connectivity index (χ1v) is 9.65. The lowest BCUT2D eigenvalue weighted by Gasteiger charge is -2.32. The molecule has 0 saturated carbocycles. The molecule has 2 aromatic rings. The third-order valence-corrected chi connectivity index (χ3v) is 5.17. The lowest BCUT2D eigenvalue weighted by Crippen LogP contribution is -2.51. The van der Waals surface area contributed by atoms with Gasteiger partial charge in [-0.25, -0.2) is 4.98 Å². The Morgan fingerprint density at radius 2 is 2.19 bits per heavy atom. The normalized spacial score (nSPS) is 20.2. The van der Waals surface area contributed by atoms with E-state index >= 15 is 0 Å². The van der Waals surface area contributed by atoms with Crippen LogP contribution >= 0.6 is 11.3 Å². The molecule has 1 amide bonds. The lowest BCUT2D eigenvalue weighted by atomic mass is 10.1. The molecular weight excluding hydrogens is 352 g/mol. The van der Waals surface area contributed by atoms with Gasteiger partial charge in [-0.3, -0.25) is 4.79 Å². The summed E-state index contributed by atoms with van der Waals surface area (Å²) < 4.78 is 11.6. The molecule has 26 heavy (non-hydrogen) atoms. The monoisotopic (exact) mass is 376 g/mol. The Hall–Kier alpha value is -1.96. The fraction of sp³-hybridized carbons (Fsp3) is 0.474. The summed E-state index contributed by atoms with van der Waals surface area (Å²) in [6.07, 6.45) is 0.527. The van der Waals surface area contributed by atoms with Crippen molar-refractivity contribution in [2.24, 2.45) is 0 Å². The van der Waals surface area contributed by atoms with Crippen molar-refractivity contribution < 1.29 is 19.4 Å². The first-order chi connectivity index (χ1) is 12.6. The van der Waals surface area contributed by atoms with Crippen LogP contribution in [-0.2, 0) is 11.3 Å². The number of thiazole rings is 1. The predicted molar refractivity (Wildman–Crippen MR) is 99.7 cm³/mol. The topological polar surface area (TPSA) is 80.7 Å². The molecule has 1 aliphatic rings. The molecule has 0 bridgehead atoms. The number of hydrogen-bond acceptors (Lipinski definition) is 6. The number of ether oxygens (including phenoxy) is 2. The molecule has 0 aliphatic carbocycles. The van der Waals surface area contributed by atoms with Crippen LogP contribution in [-0.4, -0.2) is 41.4 Å². The van der Waals surface area contributed by atoms with Gasteiger partial charge >= 0.3 is 0 Å². The third kappa shape index (κ3) is 4.60. The molecule has 2 atom stereocenters.